The Labute approximate surface area is 198 Å². The molecule has 0 unspecified atom stereocenters. The van der Waals surface area contributed by atoms with E-state index in [0.717, 1.165) is 49.4 Å². The number of nitrogens with one attached hydrogen (secondary N) is 3. The zero-order chi connectivity index (χ0) is 23.1. The van der Waals surface area contributed by atoms with Gasteiger partial charge < -0.3 is 10.3 Å². The molecule has 0 aliphatic heterocycles. The van der Waals surface area contributed by atoms with Crippen LogP contribution in [0.4, 0.5) is 5.69 Å². The van der Waals surface area contributed by atoms with Crippen LogP contribution in [0.3, 0.4) is 0 Å². The van der Waals surface area contributed by atoms with Gasteiger partial charge in [0.05, 0.1) is 28.1 Å². The molecule has 0 radical (unpaired) electrons. The molecule has 0 saturated carbocycles. The molecule has 9 heteroatoms. The lowest BCUT2D eigenvalue weighted by atomic mass is 10.1. The average Bonchev–Trinajstić information content (AvgIpc) is 3.62. The summed E-state index contributed by atoms with van der Waals surface area (Å²) in [7, 11) is 0. The molecule has 0 atom stereocenters. The topological polar surface area (TPSA) is 112 Å². The molecule has 6 aromatic heterocycles. The standard InChI is InChI=1S/C25H19N7OS/c1-2-22(33)29-16-8-14(11-26-13-16)15-9-18-23(31-32-25(18)28-12-15)20-10-17-19(30-20)5-6-27-24(17)21-4-3-7-34-21/h3-13,30H,2H2,1H3,(H,29,33)(H,28,31,32). The Morgan fingerprint density at radius 2 is 1.94 bits per heavy atom. The molecule has 8 nitrogen and oxygen atoms in total. The van der Waals surface area contributed by atoms with Crippen LogP contribution in [0, 0.1) is 0 Å². The predicted molar refractivity (Wildman–Crippen MR) is 134 cm³/mol. The van der Waals surface area contributed by atoms with Crippen LogP contribution in [0.1, 0.15) is 13.3 Å². The maximum Gasteiger partial charge on any atom is 0.224 e. The number of nitrogens with zero attached hydrogens (tertiary/aromatic N) is 4. The molecule has 1 amide bonds. The van der Waals surface area contributed by atoms with Crippen LogP contribution < -0.4 is 5.32 Å². The fraction of sp³-hybridized carbons (Fsp3) is 0.0800. The third-order valence-corrected chi connectivity index (χ3v) is 6.53. The minimum Gasteiger partial charge on any atom is -0.353 e. The molecule has 0 bridgehead atoms. The van der Waals surface area contributed by atoms with Gasteiger partial charge in [0.2, 0.25) is 5.91 Å². The van der Waals surface area contributed by atoms with Crippen LogP contribution in [-0.2, 0) is 4.79 Å². The maximum atomic E-state index is 11.8. The van der Waals surface area contributed by atoms with Crippen LogP contribution in [0.25, 0.3) is 55.0 Å². The number of amides is 1. The van der Waals surface area contributed by atoms with Crippen molar-refractivity contribution in [1.29, 1.82) is 0 Å². The number of H-pyrrole nitrogens is 2. The molecule has 0 spiro atoms. The number of anilines is 1. The average molecular weight is 466 g/mol. The highest BCUT2D eigenvalue weighted by Gasteiger charge is 2.16. The highest BCUT2D eigenvalue weighted by molar-refractivity contribution is 7.13. The lowest BCUT2D eigenvalue weighted by molar-refractivity contribution is -0.115. The van der Waals surface area contributed by atoms with Gasteiger partial charge in [-0.25, -0.2) is 4.98 Å². The Morgan fingerprint density at radius 1 is 1.03 bits per heavy atom. The summed E-state index contributed by atoms with van der Waals surface area (Å²) in [4.78, 5) is 29.8. The van der Waals surface area contributed by atoms with Crippen molar-refractivity contribution in [3.05, 3.63) is 66.6 Å². The number of rotatable bonds is 5. The van der Waals surface area contributed by atoms with Crippen molar-refractivity contribution >= 4 is 44.9 Å². The third-order valence-electron chi connectivity index (χ3n) is 5.65. The minimum absolute atomic E-state index is 0.0557. The zero-order valence-electron chi connectivity index (χ0n) is 18.2. The number of hydrogen-bond donors (Lipinski definition) is 3. The van der Waals surface area contributed by atoms with E-state index in [1.807, 2.05) is 37.4 Å². The van der Waals surface area contributed by atoms with Gasteiger partial charge in [0.1, 0.15) is 5.69 Å². The van der Waals surface area contributed by atoms with E-state index in [9.17, 15) is 4.79 Å². The highest BCUT2D eigenvalue weighted by atomic mass is 32.1. The van der Waals surface area contributed by atoms with Gasteiger partial charge in [-0.3, -0.25) is 19.9 Å². The maximum absolute atomic E-state index is 11.8. The van der Waals surface area contributed by atoms with Gasteiger partial charge >= 0.3 is 0 Å². The fourth-order valence-corrected chi connectivity index (χ4v) is 4.71. The number of aromatic nitrogens is 6. The second-order valence-electron chi connectivity index (χ2n) is 7.84. The van der Waals surface area contributed by atoms with Crippen molar-refractivity contribution in [3.8, 4) is 33.1 Å². The van der Waals surface area contributed by atoms with Crippen molar-refractivity contribution in [2.45, 2.75) is 13.3 Å². The number of fused-ring (bicyclic) bond motifs is 2. The first-order chi connectivity index (χ1) is 16.7. The molecule has 0 aromatic carbocycles. The number of aromatic amines is 2. The lowest BCUT2D eigenvalue weighted by Gasteiger charge is -2.06. The summed E-state index contributed by atoms with van der Waals surface area (Å²) in [6.07, 6.45) is 7.39. The van der Waals surface area contributed by atoms with E-state index in [0.29, 0.717) is 17.8 Å². The molecular weight excluding hydrogens is 446 g/mol. The van der Waals surface area contributed by atoms with Crippen LogP contribution in [0.15, 0.2) is 66.6 Å². The van der Waals surface area contributed by atoms with Gasteiger partial charge in [-0.2, -0.15) is 5.10 Å². The van der Waals surface area contributed by atoms with Crippen molar-refractivity contribution in [3.63, 3.8) is 0 Å². The second kappa shape index (κ2) is 8.20. The van der Waals surface area contributed by atoms with E-state index in [2.05, 4.69) is 53.0 Å². The van der Waals surface area contributed by atoms with E-state index >= 15 is 0 Å². The summed E-state index contributed by atoms with van der Waals surface area (Å²) in [6.45, 7) is 1.81. The summed E-state index contributed by atoms with van der Waals surface area (Å²) in [5, 5.41) is 14.4. The van der Waals surface area contributed by atoms with Crippen molar-refractivity contribution in [1.82, 2.24) is 30.1 Å². The minimum atomic E-state index is -0.0557. The van der Waals surface area contributed by atoms with Crippen molar-refractivity contribution in [2.75, 3.05) is 5.32 Å². The largest absolute Gasteiger partial charge is 0.353 e. The molecule has 6 rings (SSSR count). The Hall–Kier alpha value is -4.37. The SMILES string of the molecule is CCC(=O)Nc1cncc(-c2cnc3[nH]nc(-c4cc5c(-c6cccs6)nccc5[nH]4)c3c2)c1. The third kappa shape index (κ3) is 3.52. The van der Waals surface area contributed by atoms with E-state index in [4.69, 9.17) is 0 Å². The molecular formula is C25H19N7OS. The molecule has 0 aliphatic carbocycles. The predicted octanol–water partition coefficient (Wildman–Crippen LogP) is 5.64. The van der Waals surface area contributed by atoms with Gasteiger partial charge in [0, 0.05) is 52.4 Å². The van der Waals surface area contributed by atoms with Gasteiger partial charge in [0.25, 0.3) is 0 Å². The first-order valence-corrected chi connectivity index (χ1v) is 11.7. The molecule has 6 heterocycles. The quantitative estimate of drug-likeness (QED) is 0.305. The van der Waals surface area contributed by atoms with E-state index in [-0.39, 0.29) is 5.91 Å². The van der Waals surface area contributed by atoms with Crippen molar-refractivity contribution in [2.24, 2.45) is 0 Å². The lowest BCUT2D eigenvalue weighted by Crippen LogP contribution is -2.09. The summed E-state index contributed by atoms with van der Waals surface area (Å²) < 4.78 is 0. The first kappa shape index (κ1) is 20.3. The zero-order valence-corrected chi connectivity index (χ0v) is 19.0. The molecule has 0 aliphatic rings. The number of thiophene rings is 1. The molecule has 34 heavy (non-hydrogen) atoms. The van der Waals surface area contributed by atoms with E-state index in [1.54, 1.807) is 29.9 Å². The highest BCUT2D eigenvalue weighted by Crippen LogP contribution is 2.35. The molecule has 0 saturated heterocycles. The summed E-state index contributed by atoms with van der Waals surface area (Å²) in [6, 6.07) is 12.1. The van der Waals surface area contributed by atoms with E-state index in [1.165, 1.54) is 0 Å². The number of pyridine rings is 3. The Bertz CT molecular complexity index is 1650. The monoisotopic (exact) mass is 465 g/mol. The van der Waals surface area contributed by atoms with Crippen LogP contribution in [-0.4, -0.2) is 36.0 Å². The first-order valence-electron chi connectivity index (χ1n) is 10.8. The smallest absolute Gasteiger partial charge is 0.224 e. The fourth-order valence-electron chi connectivity index (χ4n) is 3.97. The Morgan fingerprint density at radius 3 is 2.79 bits per heavy atom. The van der Waals surface area contributed by atoms with Gasteiger partial charge in [-0.1, -0.05) is 13.0 Å². The molecule has 3 N–H and O–H groups in total. The van der Waals surface area contributed by atoms with Gasteiger partial charge in [-0.15, -0.1) is 11.3 Å². The number of carbonyl (C=O) groups excluding carboxylic acids is 1. The Balaban J connectivity index is 1.43. The van der Waals surface area contributed by atoms with E-state index < -0.39 is 0 Å². The van der Waals surface area contributed by atoms with Crippen LogP contribution in [0.2, 0.25) is 0 Å². The normalized spacial score (nSPS) is 11.3. The number of carbonyl (C=O) groups is 1. The van der Waals surface area contributed by atoms with Crippen molar-refractivity contribution < 1.29 is 4.79 Å². The molecule has 0 fully saturated rings. The summed E-state index contributed by atoms with van der Waals surface area (Å²) in [5.41, 5.74) is 6.69. The van der Waals surface area contributed by atoms with Crippen LogP contribution >= 0.6 is 11.3 Å². The molecule has 166 valence electrons. The summed E-state index contributed by atoms with van der Waals surface area (Å²) >= 11 is 1.67. The molecule has 6 aromatic rings. The van der Waals surface area contributed by atoms with Gasteiger partial charge in [0.15, 0.2) is 5.65 Å². The number of hydrogen-bond acceptors (Lipinski definition) is 6. The Kier molecular flexibility index (Phi) is 4.88. The van der Waals surface area contributed by atoms with Crippen LogP contribution in [0.5, 0.6) is 0 Å². The summed E-state index contributed by atoms with van der Waals surface area (Å²) in [5.74, 6) is -0.0557. The van der Waals surface area contributed by atoms with Gasteiger partial charge in [-0.05, 0) is 35.7 Å². The second-order valence-corrected chi connectivity index (χ2v) is 8.79.